The van der Waals surface area contributed by atoms with Crippen LogP contribution < -0.4 is 0 Å². The molecule has 0 atom stereocenters. The van der Waals surface area contributed by atoms with Gasteiger partial charge in [-0.15, -0.1) is 11.3 Å². The highest BCUT2D eigenvalue weighted by atomic mass is 32.1. The number of benzene rings is 1. The molecule has 1 saturated heterocycles. The number of carbonyl (C=O) groups excluding carboxylic acids is 1. The van der Waals surface area contributed by atoms with E-state index in [-0.39, 0.29) is 12.0 Å². The Bertz CT molecular complexity index is 563. The molecule has 0 aliphatic carbocycles. The minimum atomic E-state index is 0.0396. The average Bonchev–Trinajstić information content (AvgIpc) is 3.08. The van der Waals surface area contributed by atoms with E-state index in [1.54, 1.807) is 10.9 Å². The second kappa shape index (κ2) is 6.83. The van der Waals surface area contributed by atoms with Gasteiger partial charge in [-0.25, -0.2) is 4.98 Å². The molecule has 0 N–H and O–H groups in total. The van der Waals surface area contributed by atoms with Gasteiger partial charge in [-0.3, -0.25) is 4.79 Å². The van der Waals surface area contributed by atoms with Crippen LogP contribution in [0.1, 0.15) is 28.9 Å². The predicted molar refractivity (Wildman–Crippen MR) is 82.3 cm³/mol. The Hall–Kier alpha value is -1.72. The van der Waals surface area contributed by atoms with Gasteiger partial charge in [0.2, 0.25) is 0 Å². The van der Waals surface area contributed by atoms with Crippen molar-refractivity contribution < 1.29 is 9.53 Å². The van der Waals surface area contributed by atoms with Crippen molar-refractivity contribution in [3.8, 4) is 0 Å². The highest BCUT2D eigenvalue weighted by Gasteiger charge is 2.24. The van der Waals surface area contributed by atoms with Crippen molar-refractivity contribution in [2.45, 2.75) is 25.6 Å². The van der Waals surface area contributed by atoms with Crippen LogP contribution in [0.15, 0.2) is 41.2 Å². The lowest BCUT2D eigenvalue weighted by Crippen LogP contribution is -2.41. The number of aromatic nitrogens is 1. The van der Waals surface area contributed by atoms with Gasteiger partial charge in [-0.2, -0.15) is 0 Å². The third-order valence-corrected chi connectivity index (χ3v) is 4.30. The van der Waals surface area contributed by atoms with Crippen LogP contribution in [0.5, 0.6) is 0 Å². The van der Waals surface area contributed by atoms with Crippen LogP contribution in [0.4, 0.5) is 0 Å². The van der Waals surface area contributed by atoms with Crippen LogP contribution in [0.2, 0.25) is 0 Å². The number of hydrogen-bond donors (Lipinski definition) is 0. The number of rotatable bonds is 4. The van der Waals surface area contributed by atoms with Crippen molar-refractivity contribution in [1.82, 2.24) is 9.88 Å². The Morgan fingerprint density at radius 2 is 2.05 bits per heavy atom. The molecule has 0 bridgehead atoms. The second-order valence-corrected chi connectivity index (χ2v) is 5.88. The van der Waals surface area contributed by atoms with E-state index in [9.17, 15) is 4.79 Å². The van der Waals surface area contributed by atoms with Crippen LogP contribution >= 0.6 is 11.3 Å². The van der Waals surface area contributed by atoms with Crippen LogP contribution in [0.3, 0.4) is 0 Å². The maximum absolute atomic E-state index is 12.2. The molecular formula is C16H18N2O2S. The molecule has 4 nitrogen and oxygen atoms in total. The number of ether oxygens (including phenoxy) is 1. The fraction of sp³-hybridized carbons (Fsp3) is 0.375. The van der Waals surface area contributed by atoms with Gasteiger partial charge in [0.15, 0.2) is 0 Å². The molecule has 1 aromatic heterocycles. The van der Waals surface area contributed by atoms with E-state index < -0.39 is 0 Å². The summed E-state index contributed by atoms with van der Waals surface area (Å²) in [5.41, 5.74) is 3.45. The number of hydrogen-bond acceptors (Lipinski definition) is 4. The maximum atomic E-state index is 12.2. The van der Waals surface area contributed by atoms with Crippen LogP contribution in [-0.2, 0) is 11.3 Å². The fourth-order valence-electron chi connectivity index (χ4n) is 2.49. The Kier molecular flexibility index (Phi) is 4.62. The molecule has 1 aliphatic rings. The molecule has 1 fully saturated rings. The van der Waals surface area contributed by atoms with Crippen LogP contribution in [-0.4, -0.2) is 35.0 Å². The molecule has 0 unspecified atom stereocenters. The molecule has 3 rings (SSSR count). The standard InChI is InChI=1S/C16H18N2O2S/c19-16(15-11-21-12-17-15)18-8-6-14(7-9-18)20-10-13-4-2-1-3-5-13/h1-5,11-12,14H,6-10H2. The van der Waals surface area contributed by atoms with E-state index in [0.29, 0.717) is 12.3 Å². The molecule has 21 heavy (non-hydrogen) atoms. The maximum Gasteiger partial charge on any atom is 0.273 e. The Morgan fingerprint density at radius 1 is 1.29 bits per heavy atom. The molecule has 2 aromatic rings. The largest absolute Gasteiger partial charge is 0.373 e. The van der Waals surface area contributed by atoms with Crippen LogP contribution in [0, 0.1) is 0 Å². The summed E-state index contributed by atoms with van der Waals surface area (Å²) < 4.78 is 5.94. The van der Waals surface area contributed by atoms with E-state index in [4.69, 9.17) is 4.74 Å². The third-order valence-electron chi connectivity index (χ3n) is 3.71. The fourth-order valence-corrected chi connectivity index (χ4v) is 3.02. The monoisotopic (exact) mass is 302 g/mol. The highest BCUT2D eigenvalue weighted by molar-refractivity contribution is 7.07. The van der Waals surface area contributed by atoms with Gasteiger partial charge in [0.25, 0.3) is 5.91 Å². The zero-order valence-corrected chi connectivity index (χ0v) is 12.6. The first-order valence-corrected chi connectivity index (χ1v) is 8.10. The lowest BCUT2D eigenvalue weighted by molar-refractivity contribution is -0.000491. The number of amides is 1. The minimum Gasteiger partial charge on any atom is -0.373 e. The number of carbonyl (C=O) groups is 1. The molecule has 0 radical (unpaired) electrons. The topological polar surface area (TPSA) is 42.4 Å². The molecule has 0 spiro atoms. The van der Waals surface area contributed by atoms with Crippen LogP contribution in [0.25, 0.3) is 0 Å². The normalized spacial score (nSPS) is 16.1. The first-order chi connectivity index (χ1) is 10.3. The zero-order valence-electron chi connectivity index (χ0n) is 11.8. The summed E-state index contributed by atoms with van der Waals surface area (Å²) >= 11 is 1.45. The number of likely N-dealkylation sites (tertiary alicyclic amines) is 1. The smallest absolute Gasteiger partial charge is 0.273 e. The molecule has 110 valence electrons. The quantitative estimate of drug-likeness (QED) is 0.872. The summed E-state index contributed by atoms with van der Waals surface area (Å²) in [5.74, 6) is 0.0396. The number of nitrogens with zero attached hydrogens (tertiary/aromatic N) is 2. The summed E-state index contributed by atoms with van der Waals surface area (Å²) in [7, 11) is 0. The molecule has 5 heteroatoms. The summed E-state index contributed by atoms with van der Waals surface area (Å²) in [5, 5.41) is 1.81. The predicted octanol–water partition coefficient (Wildman–Crippen LogP) is 2.96. The van der Waals surface area contributed by atoms with E-state index >= 15 is 0 Å². The SMILES string of the molecule is O=C(c1cscn1)N1CCC(OCc2ccccc2)CC1. The molecule has 1 aromatic carbocycles. The van der Waals surface area contributed by atoms with E-state index in [1.165, 1.54) is 16.9 Å². The minimum absolute atomic E-state index is 0.0396. The van der Waals surface area contributed by atoms with E-state index in [1.807, 2.05) is 23.1 Å². The lowest BCUT2D eigenvalue weighted by Gasteiger charge is -2.31. The number of thiazole rings is 1. The molecule has 0 saturated carbocycles. The molecule has 1 amide bonds. The summed E-state index contributed by atoms with van der Waals surface area (Å²) in [4.78, 5) is 18.1. The summed E-state index contributed by atoms with van der Waals surface area (Å²) in [6, 6.07) is 10.2. The summed E-state index contributed by atoms with van der Waals surface area (Å²) in [6.45, 7) is 2.14. The van der Waals surface area contributed by atoms with E-state index in [0.717, 1.165) is 25.9 Å². The highest BCUT2D eigenvalue weighted by Crippen LogP contribution is 2.17. The van der Waals surface area contributed by atoms with Gasteiger partial charge in [-0.05, 0) is 18.4 Å². The van der Waals surface area contributed by atoms with Gasteiger partial charge in [0, 0.05) is 18.5 Å². The van der Waals surface area contributed by atoms with Crippen molar-refractivity contribution >= 4 is 17.2 Å². The van der Waals surface area contributed by atoms with Crippen molar-refractivity contribution in [2.24, 2.45) is 0 Å². The Morgan fingerprint density at radius 3 is 2.71 bits per heavy atom. The Labute approximate surface area is 128 Å². The van der Waals surface area contributed by atoms with Crippen molar-refractivity contribution in [3.05, 3.63) is 52.5 Å². The zero-order chi connectivity index (χ0) is 14.5. The van der Waals surface area contributed by atoms with Gasteiger partial charge >= 0.3 is 0 Å². The third kappa shape index (κ3) is 3.68. The number of piperidine rings is 1. The summed E-state index contributed by atoms with van der Waals surface area (Å²) in [6.07, 6.45) is 2.02. The van der Waals surface area contributed by atoms with Gasteiger partial charge < -0.3 is 9.64 Å². The average molecular weight is 302 g/mol. The van der Waals surface area contributed by atoms with Gasteiger partial charge in [0.05, 0.1) is 18.2 Å². The van der Waals surface area contributed by atoms with Crippen molar-refractivity contribution in [2.75, 3.05) is 13.1 Å². The molecule has 1 aliphatic heterocycles. The second-order valence-electron chi connectivity index (χ2n) is 5.16. The van der Waals surface area contributed by atoms with Crippen molar-refractivity contribution in [1.29, 1.82) is 0 Å². The van der Waals surface area contributed by atoms with Crippen molar-refractivity contribution in [3.63, 3.8) is 0 Å². The van der Waals surface area contributed by atoms with E-state index in [2.05, 4.69) is 17.1 Å². The Balaban J connectivity index is 1.46. The lowest BCUT2D eigenvalue weighted by atomic mass is 10.1. The first-order valence-electron chi connectivity index (χ1n) is 7.16. The molecule has 2 heterocycles. The molecular weight excluding hydrogens is 284 g/mol. The van der Waals surface area contributed by atoms with Gasteiger partial charge in [-0.1, -0.05) is 30.3 Å². The van der Waals surface area contributed by atoms with Gasteiger partial charge in [0.1, 0.15) is 5.69 Å². The first kappa shape index (κ1) is 14.2.